The third-order valence-corrected chi connectivity index (χ3v) is 6.92. The van der Waals surface area contributed by atoms with E-state index in [0.717, 1.165) is 35.6 Å². The molecule has 3 aromatic rings. The van der Waals surface area contributed by atoms with Crippen LogP contribution in [-0.2, 0) is 23.1 Å². The van der Waals surface area contributed by atoms with Gasteiger partial charge in [0, 0.05) is 36.4 Å². The minimum absolute atomic E-state index is 0.0478. The van der Waals surface area contributed by atoms with Gasteiger partial charge in [0.05, 0.1) is 18.8 Å². The molecule has 0 saturated heterocycles. The molecule has 0 aromatic heterocycles. The molecule has 1 amide bonds. The van der Waals surface area contributed by atoms with E-state index < -0.39 is 23.8 Å². The van der Waals surface area contributed by atoms with Crippen LogP contribution in [0.4, 0.5) is 8.78 Å². The number of amides is 1. The van der Waals surface area contributed by atoms with Crippen molar-refractivity contribution >= 4 is 5.91 Å². The first kappa shape index (κ1) is 27.5. The Kier molecular flexibility index (Phi) is 8.90. The Labute approximate surface area is 222 Å². The molecule has 3 aromatic carbocycles. The van der Waals surface area contributed by atoms with Gasteiger partial charge in [-0.2, -0.15) is 0 Å². The molecule has 38 heavy (non-hydrogen) atoms. The average Bonchev–Trinajstić information content (AvgIpc) is 3.71. The molecule has 2 atom stereocenters. The van der Waals surface area contributed by atoms with Crippen LogP contribution in [0.25, 0.3) is 0 Å². The Morgan fingerprint density at radius 3 is 2.50 bits per heavy atom. The largest absolute Gasteiger partial charge is 0.390 e. The topological polar surface area (TPSA) is 70.6 Å². The number of ether oxygens (including phenoxy) is 1. The Bertz CT molecular complexity index is 1300. The summed E-state index contributed by atoms with van der Waals surface area (Å²) in [5.41, 5.74) is 3.23. The van der Waals surface area contributed by atoms with Gasteiger partial charge >= 0.3 is 0 Å². The van der Waals surface area contributed by atoms with Gasteiger partial charge in [-0.1, -0.05) is 30.2 Å². The third-order valence-electron chi connectivity index (χ3n) is 6.92. The fourth-order valence-electron chi connectivity index (χ4n) is 4.65. The van der Waals surface area contributed by atoms with Gasteiger partial charge in [-0.25, -0.2) is 8.78 Å². The first-order chi connectivity index (χ1) is 18.3. The van der Waals surface area contributed by atoms with E-state index in [2.05, 4.69) is 16.6 Å². The van der Waals surface area contributed by atoms with Crippen molar-refractivity contribution in [3.63, 3.8) is 0 Å². The molecular weight excluding hydrogens is 486 g/mol. The minimum Gasteiger partial charge on any atom is -0.390 e. The van der Waals surface area contributed by atoms with Crippen molar-refractivity contribution in [1.82, 2.24) is 10.6 Å². The van der Waals surface area contributed by atoms with Crippen molar-refractivity contribution < 1.29 is 23.4 Å². The molecule has 1 aliphatic rings. The number of carbonyl (C=O) groups is 1. The number of terminal acetylenes is 1. The van der Waals surface area contributed by atoms with E-state index in [9.17, 15) is 18.7 Å². The molecule has 4 rings (SSSR count). The number of methoxy groups -OCH3 is 1. The Morgan fingerprint density at radius 2 is 1.82 bits per heavy atom. The van der Waals surface area contributed by atoms with Crippen LogP contribution in [0, 0.1) is 24.0 Å². The fourth-order valence-corrected chi connectivity index (χ4v) is 4.65. The zero-order chi connectivity index (χ0) is 27.1. The number of benzene rings is 3. The van der Waals surface area contributed by atoms with Crippen LogP contribution in [0.1, 0.15) is 45.5 Å². The summed E-state index contributed by atoms with van der Waals surface area (Å²) in [5, 5.41) is 17.5. The quantitative estimate of drug-likeness (QED) is 0.316. The standard InChI is InChI=1S/C31H32F2N2O3/c1-3-21-6-5-9-25(15-21)31(11-12-31)34-20-29(36)28(18-23-16-26(32)19-27(33)17-23)35-30(37)24-8-4-7-22(14-24)10-13-38-2/h1,4-9,14-17,19,28-29,34,36H,10-13,18,20H2,2H3,(H,35,37)/t28-,29-/m0/s1. The van der Waals surface area contributed by atoms with E-state index in [-0.39, 0.29) is 24.4 Å². The molecule has 3 N–H and O–H groups in total. The second-order valence-electron chi connectivity index (χ2n) is 9.76. The van der Waals surface area contributed by atoms with Gasteiger partial charge in [-0.05, 0) is 78.8 Å². The van der Waals surface area contributed by atoms with Crippen LogP contribution in [0.2, 0.25) is 0 Å². The van der Waals surface area contributed by atoms with Gasteiger partial charge in [0.25, 0.3) is 5.91 Å². The van der Waals surface area contributed by atoms with Gasteiger partial charge in [-0.3, -0.25) is 4.79 Å². The number of carbonyl (C=O) groups excluding carboxylic acids is 1. The lowest BCUT2D eigenvalue weighted by molar-refractivity contribution is 0.0822. The monoisotopic (exact) mass is 518 g/mol. The predicted octanol–water partition coefficient (Wildman–Crippen LogP) is 4.12. The molecule has 0 heterocycles. The zero-order valence-corrected chi connectivity index (χ0v) is 21.3. The van der Waals surface area contributed by atoms with E-state index in [0.29, 0.717) is 24.2 Å². The van der Waals surface area contributed by atoms with Gasteiger partial charge in [0.2, 0.25) is 0 Å². The average molecular weight is 519 g/mol. The summed E-state index contributed by atoms with van der Waals surface area (Å²) in [6.07, 6.45) is 6.99. The van der Waals surface area contributed by atoms with Crippen LogP contribution in [0.15, 0.2) is 66.7 Å². The second kappa shape index (κ2) is 12.3. The molecule has 0 bridgehead atoms. The number of nitrogens with one attached hydrogen (secondary N) is 2. The number of halogens is 2. The lowest BCUT2D eigenvalue weighted by Gasteiger charge is -2.27. The van der Waals surface area contributed by atoms with Crippen molar-refractivity contribution in [3.05, 3.63) is 106 Å². The molecule has 1 saturated carbocycles. The normalized spacial score (nSPS) is 15.3. The van der Waals surface area contributed by atoms with E-state index in [1.54, 1.807) is 25.3 Å². The summed E-state index contributed by atoms with van der Waals surface area (Å²) in [5.74, 6) is 0.837. The maximum atomic E-state index is 13.9. The van der Waals surface area contributed by atoms with Crippen LogP contribution in [0.5, 0.6) is 0 Å². The Morgan fingerprint density at radius 1 is 1.08 bits per heavy atom. The molecule has 198 valence electrons. The van der Waals surface area contributed by atoms with Crippen molar-refractivity contribution in [2.45, 2.75) is 43.4 Å². The van der Waals surface area contributed by atoms with Crippen molar-refractivity contribution in [3.8, 4) is 12.3 Å². The summed E-state index contributed by atoms with van der Waals surface area (Å²) in [7, 11) is 1.61. The molecule has 1 fully saturated rings. The van der Waals surface area contributed by atoms with Crippen molar-refractivity contribution in [2.75, 3.05) is 20.3 Å². The van der Waals surface area contributed by atoms with Crippen LogP contribution < -0.4 is 10.6 Å². The number of hydrogen-bond acceptors (Lipinski definition) is 4. The number of aliphatic hydroxyl groups is 1. The summed E-state index contributed by atoms with van der Waals surface area (Å²) in [6.45, 7) is 0.687. The lowest BCUT2D eigenvalue weighted by atomic mass is 9.98. The zero-order valence-electron chi connectivity index (χ0n) is 21.3. The van der Waals surface area contributed by atoms with Gasteiger partial charge in [0.1, 0.15) is 11.6 Å². The molecule has 7 heteroatoms. The summed E-state index contributed by atoms with van der Waals surface area (Å²) in [4.78, 5) is 13.2. The molecule has 0 spiro atoms. The van der Waals surface area contributed by atoms with Crippen molar-refractivity contribution in [2.24, 2.45) is 0 Å². The molecule has 0 aliphatic heterocycles. The van der Waals surface area contributed by atoms with Gasteiger partial charge in [0.15, 0.2) is 0 Å². The maximum Gasteiger partial charge on any atom is 0.251 e. The highest BCUT2D eigenvalue weighted by atomic mass is 19.1. The number of hydrogen-bond donors (Lipinski definition) is 3. The van der Waals surface area contributed by atoms with Crippen LogP contribution >= 0.6 is 0 Å². The van der Waals surface area contributed by atoms with E-state index in [4.69, 9.17) is 11.2 Å². The molecule has 0 unspecified atom stereocenters. The predicted molar refractivity (Wildman–Crippen MR) is 143 cm³/mol. The number of rotatable bonds is 12. The molecule has 1 aliphatic carbocycles. The maximum absolute atomic E-state index is 13.9. The smallest absolute Gasteiger partial charge is 0.251 e. The first-order valence-electron chi connectivity index (χ1n) is 12.7. The highest BCUT2D eigenvalue weighted by molar-refractivity contribution is 5.94. The molecular formula is C31H32F2N2O3. The lowest BCUT2D eigenvalue weighted by Crippen LogP contribution is -2.50. The van der Waals surface area contributed by atoms with E-state index in [1.165, 1.54) is 12.1 Å². The highest BCUT2D eigenvalue weighted by Crippen LogP contribution is 2.45. The third kappa shape index (κ3) is 7.05. The second-order valence-corrected chi connectivity index (χ2v) is 9.76. The summed E-state index contributed by atoms with van der Waals surface area (Å²) >= 11 is 0. The summed E-state index contributed by atoms with van der Waals surface area (Å²) in [6, 6.07) is 17.3. The van der Waals surface area contributed by atoms with Crippen LogP contribution in [0.3, 0.4) is 0 Å². The van der Waals surface area contributed by atoms with Crippen molar-refractivity contribution in [1.29, 1.82) is 0 Å². The van der Waals surface area contributed by atoms with E-state index >= 15 is 0 Å². The Hall–Kier alpha value is -3.57. The SMILES string of the molecule is C#Cc1cccc(C2(NC[C@H](O)[C@H](Cc3cc(F)cc(F)c3)NC(=O)c3cccc(CCOC)c3)CC2)c1. The number of aliphatic hydroxyl groups excluding tert-OH is 1. The molecule has 0 radical (unpaired) electrons. The van der Waals surface area contributed by atoms with Gasteiger partial charge in [-0.15, -0.1) is 6.42 Å². The minimum atomic E-state index is -1.03. The van der Waals surface area contributed by atoms with Gasteiger partial charge < -0.3 is 20.5 Å². The molecule has 5 nitrogen and oxygen atoms in total. The fraction of sp³-hybridized carbons (Fsp3) is 0.323. The van der Waals surface area contributed by atoms with E-state index in [1.807, 2.05) is 30.3 Å². The highest BCUT2D eigenvalue weighted by Gasteiger charge is 2.44. The summed E-state index contributed by atoms with van der Waals surface area (Å²) < 4.78 is 32.9. The first-order valence-corrected chi connectivity index (χ1v) is 12.7. The van der Waals surface area contributed by atoms with Crippen LogP contribution in [-0.4, -0.2) is 43.4 Å². The Balaban J connectivity index is 1.50.